The van der Waals surface area contributed by atoms with E-state index in [0.717, 1.165) is 11.1 Å². The summed E-state index contributed by atoms with van der Waals surface area (Å²) in [4.78, 5) is 38.7. The molecular weight excluding hydrogens is 310 g/mol. The highest BCUT2D eigenvalue weighted by molar-refractivity contribution is 6.07. The summed E-state index contributed by atoms with van der Waals surface area (Å²) in [7, 11) is 1.66. The molecule has 0 bridgehead atoms. The van der Waals surface area contributed by atoms with E-state index in [0.29, 0.717) is 12.2 Å². The second-order valence-electron chi connectivity index (χ2n) is 6.24. The Bertz CT molecular complexity index is 783. The molecule has 0 spiro atoms. The lowest BCUT2D eigenvalue weighted by Gasteiger charge is -2.43. The number of rotatable bonds is 2. The van der Waals surface area contributed by atoms with E-state index in [-0.39, 0.29) is 5.91 Å². The van der Waals surface area contributed by atoms with Crippen LogP contribution in [0.5, 0.6) is 0 Å². The first kappa shape index (κ1) is 15.1. The lowest BCUT2D eigenvalue weighted by atomic mass is 9.71. The van der Waals surface area contributed by atoms with Crippen molar-refractivity contribution in [3.05, 3.63) is 41.5 Å². The van der Waals surface area contributed by atoms with Crippen molar-refractivity contribution in [2.24, 2.45) is 11.8 Å². The van der Waals surface area contributed by atoms with E-state index in [4.69, 9.17) is 9.47 Å². The van der Waals surface area contributed by atoms with Crippen molar-refractivity contribution in [1.29, 1.82) is 0 Å². The van der Waals surface area contributed by atoms with E-state index in [2.05, 4.69) is 0 Å². The fraction of sp³-hybridized carbons (Fsp3) is 0.389. The number of nitrogens with zero attached hydrogens (tertiary/aromatic N) is 1. The average molecular weight is 327 g/mol. The van der Waals surface area contributed by atoms with Crippen LogP contribution in [0.4, 0.5) is 0 Å². The van der Waals surface area contributed by atoms with Crippen LogP contribution in [0.25, 0.3) is 5.57 Å². The molecule has 0 saturated carbocycles. The van der Waals surface area contributed by atoms with Gasteiger partial charge in [-0.15, -0.1) is 0 Å². The van der Waals surface area contributed by atoms with E-state index in [9.17, 15) is 14.4 Å². The third kappa shape index (κ3) is 1.89. The molecule has 1 aromatic carbocycles. The summed E-state index contributed by atoms with van der Waals surface area (Å²) >= 11 is 0. The predicted octanol–water partition coefficient (Wildman–Crippen LogP) is 1.26. The van der Waals surface area contributed by atoms with Gasteiger partial charge in [0.2, 0.25) is 0 Å². The second-order valence-corrected chi connectivity index (χ2v) is 6.24. The molecule has 1 aliphatic carbocycles. The maximum atomic E-state index is 12.7. The molecule has 4 atom stereocenters. The number of ether oxygens (including phenoxy) is 2. The van der Waals surface area contributed by atoms with Crippen molar-refractivity contribution < 1.29 is 23.9 Å². The van der Waals surface area contributed by atoms with Gasteiger partial charge in [-0.05, 0) is 30.2 Å². The van der Waals surface area contributed by atoms with E-state index in [1.54, 1.807) is 13.1 Å². The van der Waals surface area contributed by atoms with Crippen LogP contribution in [0.3, 0.4) is 0 Å². The monoisotopic (exact) mass is 327 g/mol. The third-order valence-electron chi connectivity index (χ3n) is 5.05. The number of hydrogen-bond acceptors (Lipinski definition) is 5. The fourth-order valence-corrected chi connectivity index (χ4v) is 4.05. The van der Waals surface area contributed by atoms with Gasteiger partial charge in [-0.25, -0.2) is 0 Å². The molecule has 2 heterocycles. The van der Waals surface area contributed by atoms with E-state index in [1.165, 1.54) is 4.90 Å². The Labute approximate surface area is 139 Å². The van der Waals surface area contributed by atoms with Gasteiger partial charge in [-0.1, -0.05) is 18.2 Å². The van der Waals surface area contributed by atoms with Crippen LogP contribution in [0, 0.1) is 11.8 Å². The number of likely N-dealkylation sites (N-methyl/N-ethyl adjacent to an activating group) is 1. The number of carbonyl (C=O) groups excluding carboxylic acids is 3. The van der Waals surface area contributed by atoms with Gasteiger partial charge in [-0.3, -0.25) is 14.4 Å². The third-order valence-corrected chi connectivity index (χ3v) is 5.05. The number of carbonyl (C=O) groups is 3. The molecule has 0 radical (unpaired) electrons. The molecule has 24 heavy (non-hydrogen) atoms. The fourth-order valence-electron chi connectivity index (χ4n) is 4.05. The van der Waals surface area contributed by atoms with Gasteiger partial charge < -0.3 is 14.4 Å². The van der Waals surface area contributed by atoms with Crippen molar-refractivity contribution in [1.82, 2.24) is 4.90 Å². The average Bonchev–Trinajstić information content (AvgIpc) is 2.88. The highest BCUT2D eigenvalue weighted by atomic mass is 16.6. The summed E-state index contributed by atoms with van der Waals surface area (Å²) < 4.78 is 10.6. The van der Waals surface area contributed by atoms with Crippen LogP contribution in [-0.2, 0) is 19.1 Å². The van der Waals surface area contributed by atoms with Gasteiger partial charge in [0.05, 0.1) is 18.1 Å². The molecule has 0 unspecified atom stereocenters. The van der Waals surface area contributed by atoms with Crippen LogP contribution in [0.15, 0.2) is 30.3 Å². The summed E-state index contributed by atoms with van der Waals surface area (Å²) in [6.07, 6.45) is 1.34. The minimum atomic E-state index is -0.726. The number of hydrogen-bond donors (Lipinski definition) is 0. The normalized spacial score (nSPS) is 31.2. The molecule has 4 rings (SSSR count). The summed E-state index contributed by atoms with van der Waals surface area (Å²) in [5.74, 6) is -2.74. The minimum absolute atomic E-state index is 0.159. The van der Waals surface area contributed by atoms with Crippen LogP contribution in [0.1, 0.15) is 22.8 Å². The minimum Gasteiger partial charge on any atom is -0.393 e. The van der Waals surface area contributed by atoms with Gasteiger partial charge >= 0.3 is 11.9 Å². The molecule has 124 valence electrons. The Morgan fingerprint density at radius 3 is 2.46 bits per heavy atom. The molecule has 1 aromatic rings. The molecule has 6 nitrogen and oxygen atoms in total. The largest absolute Gasteiger partial charge is 0.393 e. The summed E-state index contributed by atoms with van der Waals surface area (Å²) in [6, 6.07) is 6.79. The maximum absolute atomic E-state index is 12.7. The van der Waals surface area contributed by atoms with Crippen LogP contribution in [0.2, 0.25) is 0 Å². The number of fused-ring (bicyclic) bond motifs is 5. The highest BCUT2D eigenvalue weighted by Gasteiger charge is 2.58. The molecule has 1 saturated heterocycles. The van der Waals surface area contributed by atoms with E-state index >= 15 is 0 Å². The van der Waals surface area contributed by atoms with Crippen LogP contribution < -0.4 is 0 Å². The van der Waals surface area contributed by atoms with Crippen LogP contribution >= 0.6 is 0 Å². The van der Waals surface area contributed by atoms with Crippen molar-refractivity contribution >= 4 is 23.4 Å². The Kier molecular flexibility index (Phi) is 3.31. The topological polar surface area (TPSA) is 72.9 Å². The molecule has 2 aliphatic heterocycles. The Morgan fingerprint density at radius 2 is 1.75 bits per heavy atom. The van der Waals surface area contributed by atoms with Crippen LogP contribution in [-0.4, -0.2) is 48.5 Å². The maximum Gasteiger partial charge on any atom is 0.320 e. The van der Waals surface area contributed by atoms with Gasteiger partial charge in [0, 0.05) is 19.2 Å². The van der Waals surface area contributed by atoms with Gasteiger partial charge in [0.15, 0.2) is 0 Å². The Morgan fingerprint density at radius 1 is 1.08 bits per heavy atom. The van der Waals surface area contributed by atoms with Gasteiger partial charge in [0.1, 0.15) is 5.92 Å². The standard InChI is InChI=1S/C18H17NO5/c1-3-23-12-8-11-9-6-4-5-7-10(9)16(20)19(2)15(11)14-13(12)17(21)24-18(14)22/h4-8,12-15H,3H2,1-2H3/t12-,13-,14-,15+/m0/s1. The summed E-state index contributed by atoms with van der Waals surface area (Å²) in [5, 5.41) is 0. The molecule has 0 N–H and O–H groups in total. The first-order valence-electron chi connectivity index (χ1n) is 8.00. The number of benzene rings is 1. The lowest BCUT2D eigenvalue weighted by Crippen LogP contribution is -2.53. The van der Waals surface area contributed by atoms with Crippen molar-refractivity contribution in [2.75, 3.05) is 13.7 Å². The second kappa shape index (κ2) is 5.27. The SMILES string of the molecule is CCO[C@H]1C=C2c3ccccc3C(=O)N(C)[C@H]2[C@H]2C(=O)OC(=O)[C@H]21. The smallest absolute Gasteiger partial charge is 0.320 e. The first-order chi connectivity index (χ1) is 11.5. The Hall–Kier alpha value is -2.47. The molecular formula is C18H17NO5. The van der Waals surface area contributed by atoms with Crippen molar-refractivity contribution in [2.45, 2.75) is 19.1 Å². The van der Waals surface area contributed by atoms with Crippen molar-refractivity contribution in [3.8, 4) is 0 Å². The molecule has 1 amide bonds. The molecule has 3 aliphatic rings. The first-order valence-corrected chi connectivity index (χ1v) is 8.00. The summed E-state index contributed by atoms with van der Waals surface area (Å²) in [5.41, 5.74) is 2.23. The highest BCUT2D eigenvalue weighted by Crippen LogP contribution is 2.46. The number of amides is 1. The number of cyclic esters (lactones) is 2. The quantitative estimate of drug-likeness (QED) is 0.604. The molecule has 1 fully saturated rings. The number of esters is 2. The van der Waals surface area contributed by atoms with Gasteiger partial charge in [0.25, 0.3) is 5.91 Å². The lowest BCUT2D eigenvalue weighted by molar-refractivity contribution is -0.154. The van der Waals surface area contributed by atoms with Crippen molar-refractivity contribution in [3.63, 3.8) is 0 Å². The van der Waals surface area contributed by atoms with E-state index in [1.807, 2.05) is 31.2 Å². The molecule has 6 heteroatoms. The predicted molar refractivity (Wildman–Crippen MR) is 83.8 cm³/mol. The zero-order chi connectivity index (χ0) is 17.0. The van der Waals surface area contributed by atoms with E-state index < -0.39 is 35.9 Å². The van der Waals surface area contributed by atoms with Gasteiger partial charge in [-0.2, -0.15) is 0 Å². The zero-order valence-electron chi connectivity index (χ0n) is 13.4. The Balaban J connectivity index is 1.93. The zero-order valence-corrected chi connectivity index (χ0v) is 13.4. The molecule has 0 aromatic heterocycles. The summed E-state index contributed by atoms with van der Waals surface area (Å²) in [6.45, 7) is 2.26.